The number of benzene rings is 2. The molecule has 1 aliphatic heterocycles. The number of carbonyl (C=O) groups is 2. The van der Waals surface area contributed by atoms with Gasteiger partial charge in [0.1, 0.15) is 4.75 Å². The monoisotopic (exact) mass is 481 g/mol. The van der Waals surface area contributed by atoms with Crippen LogP contribution < -0.4 is 14.8 Å². The number of methoxy groups -OCH3 is 3. The van der Waals surface area contributed by atoms with Crippen LogP contribution in [0, 0.1) is 0 Å². The van der Waals surface area contributed by atoms with E-state index < -0.39 is 33.6 Å². The molecule has 176 valence electrons. The average molecular weight is 481 g/mol. The van der Waals surface area contributed by atoms with Crippen LogP contribution in [-0.2, 0) is 20.5 Å². The molecule has 0 spiro atoms. The number of carbonyl (C=O) groups excluding carboxylic acids is 2. The fourth-order valence-corrected chi connectivity index (χ4v) is 5.11. The molecule has 0 aliphatic carbocycles. The van der Waals surface area contributed by atoms with Crippen LogP contribution in [0.4, 0.5) is 18.9 Å². The fraction of sp³-hybridized carbons (Fsp3) is 0.304. The van der Waals surface area contributed by atoms with Crippen LogP contribution in [0.5, 0.6) is 11.5 Å². The minimum absolute atomic E-state index is 0.184. The Labute approximate surface area is 193 Å². The number of para-hydroxylation sites is 1. The first-order valence-electron chi connectivity index (χ1n) is 9.72. The predicted molar refractivity (Wildman–Crippen MR) is 119 cm³/mol. The lowest BCUT2D eigenvalue weighted by Crippen LogP contribution is -2.39. The van der Waals surface area contributed by atoms with E-state index in [-0.39, 0.29) is 17.7 Å². The second kappa shape index (κ2) is 9.38. The molecule has 33 heavy (non-hydrogen) atoms. The van der Waals surface area contributed by atoms with Crippen molar-refractivity contribution in [1.82, 2.24) is 0 Å². The zero-order chi connectivity index (χ0) is 24.4. The molecule has 0 fully saturated rings. The van der Waals surface area contributed by atoms with Crippen LogP contribution in [-0.4, -0.2) is 38.0 Å². The Morgan fingerprint density at radius 2 is 1.91 bits per heavy atom. The average Bonchev–Trinajstić information content (AvgIpc) is 2.91. The number of alkyl halides is 3. The molecule has 1 unspecified atom stereocenters. The summed E-state index contributed by atoms with van der Waals surface area (Å²) >= 11 is 0.982. The molecule has 0 saturated heterocycles. The molecule has 2 aromatic rings. The minimum atomic E-state index is -4.60. The van der Waals surface area contributed by atoms with E-state index in [2.05, 4.69) is 11.9 Å². The normalized spacial score (nSPS) is 20.2. The molecule has 1 aliphatic rings. The number of amides is 1. The molecule has 0 bridgehead atoms. The molecule has 0 aromatic heterocycles. The summed E-state index contributed by atoms with van der Waals surface area (Å²) < 4.78 is 54.8. The van der Waals surface area contributed by atoms with Gasteiger partial charge in [0.05, 0.1) is 38.6 Å². The van der Waals surface area contributed by atoms with Crippen LogP contribution in [0.1, 0.15) is 28.4 Å². The first-order valence-corrected chi connectivity index (χ1v) is 10.6. The Morgan fingerprint density at radius 1 is 1.18 bits per heavy atom. The van der Waals surface area contributed by atoms with Crippen molar-refractivity contribution in [3.63, 3.8) is 0 Å². The van der Waals surface area contributed by atoms with E-state index in [1.165, 1.54) is 33.5 Å². The van der Waals surface area contributed by atoms with E-state index in [0.717, 1.165) is 23.9 Å². The zero-order valence-electron chi connectivity index (χ0n) is 18.1. The summed E-state index contributed by atoms with van der Waals surface area (Å²) in [5.74, 6) is -0.606. The topological polar surface area (TPSA) is 73.9 Å². The molecular weight excluding hydrogens is 459 g/mol. The summed E-state index contributed by atoms with van der Waals surface area (Å²) in [6.45, 7) is 3.73. The Morgan fingerprint density at radius 3 is 2.48 bits per heavy atom. The summed E-state index contributed by atoms with van der Waals surface area (Å²) in [5.41, 5.74) is -0.0238. The lowest BCUT2D eigenvalue weighted by Gasteiger charge is -2.29. The third-order valence-electron chi connectivity index (χ3n) is 5.30. The van der Waals surface area contributed by atoms with Crippen LogP contribution >= 0.6 is 11.8 Å². The second-order valence-electron chi connectivity index (χ2n) is 7.18. The number of thioether (sulfide) groups is 1. The second-order valence-corrected chi connectivity index (χ2v) is 8.62. The minimum Gasteiger partial charge on any atom is -0.493 e. The molecule has 0 radical (unpaired) electrons. The van der Waals surface area contributed by atoms with Gasteiger partial charge >= 0.3 is 12.1 Å². The summed E-state index contributed by atoms with van der Waals surface area (Å²) in [6.07, 6.45) is -3.66. The Hall–Kier alpha value is -3.14. The first kappa shape index (κ1) is 24.5. The van der Waals surface area contributed by atoms with Gasteiger partial charge < -0.3 is 19.5 Å². The molecule has 2 aromatic carbocycles. The Kier molecular flexibility index (Phi) is 6.97. The lowest BCUT2D eigenvalue weighted by molar-refractivity contribution is -0.142. The van der Waals surface area contributed by atoms with Gasteiger partial charge in [0, 0.05) is 11.3 Å². The van der Waals surface area contributed by atoms with Crippen molar-refractivity contribution in [2.45, 2.75) is 22.6 Å². The fourth-order valence-electron chi connectivity index (χ4n) is 3.60. The molecule has 1 amide bonds. The highest BCUT2D eigenvalue weighted by atomic mass is 32.2. The van der Waals surface area contributed by atoms with Crippen molar-refractivity contribution < 1.29 is 37.0 Å². The van der Waals surface area contributed by atoms with E-state index in [1.807, 2.05) is 0 Å². The third-order valence-corrected chi connectivity index (χ3v) is 6.96. The molecule has 1 N–H and O–H groups in total. The highest BCUT2D eigenvalue weighted by molar-refractivity contribution is 8.02. The molecule has 3 rings (SSSR count). The van der Waals surface area contributed by atoms with Crippen LogP contribution in [0.2, 0.25) is 0 Å². The number of esters is 1. The van der Waals surface area contributed by atoms with Crippen LogP contribution in [0.3, 0.4) is 0 Å². The van der Waals surface area contributed by atoms with E-state index in [0.29, 0.717) is 17.1 Å². The van der Waals surface area contributed by atoms with Gasteiger partial charge in [-0.15, -0.1) is 18.3 Å². The third kappa shape index (κ3) is 4.66. The summed E-state index contributed by atoms with van der Waals surface area (Å²) in [4.78, 5) is 25.4. The SMILES string of the molecule is C=CC1(CC(=O)OC)S[C@H](c2cccc(OC)c2OC)c2cc(C(F)(F)F)ccc2NC1=O. The molecule has 0 saturated carbocycles. The Balaban J connectivity index is 2.30. The van der Waals surface area contributed by atoms with E-state index in [1.54, 1.807) is 18.2 Å². The van der Waals surface area contributed by atoms with Gasteiger partial charge in [-0.3, -0.25) is 9.59 Å². The van der Waals surface area contributed by atoms with E-state index >= 15 is 0 Å². The van der Waals surface area contributed by atoms with E-state index in [9.17, 15) is 22.8 Å². The van der Waals surface area contributed by atoms with Crippen molar-refractivity contribution in [1.29, 1.82) is 0 Å². The smallest absolute Gasteiger partial charge is 0.416 e. The van der Waals surface area contributed by atoms with Gasteiger partial charge in [0.15, 0.2) is 11.5 Å². The molecule has 2 atom stereocenters. The number of hydrogen-bond acceptors (Lipinski definition) is 6. The number of halogens is 3. The number of rotatable bonds is 6. The summed E-state index contributed by atoms with van der Waals surface area (Å²) in [7, 11) is 4.04. The standard InChI is InChI=1S/C23H22F3NO5S/c1-5-22(12-18(28)31-3)21(29)27-16-10-9-13(23(24,25)26)11-15(16)20(33-22)14-7-6-8-17(30-2)19(14)32-4/h5-11,20H,1,12H2,2-4H3,(H,27,29)/t20-,22?/m1/s1. The van der Waals surface area contributed by atoms with Crippen molar-refractivity contribution in [3.05, 3.63) is 65.7 Å². The van der Waals surface area contributed by atoms with Crippen molar-refractivity contribution in [2.24, 2.45) is 0 Å². The first-order chi connectivity index (χ1) is 15.6. The maximum absolute atomic E-state index is 13.5. The van der Waals surface area contributed by atoms with Crippen LogP contribution in [0.15, 0.2) is 49.1 Å². The van der Waals surface area contributed by atoms with Crippen LogP contribution in [0.25, 0.3) is 0 Å². The number of nitrogens with one attached hydrogen (secondary N) is 1. The van der Waals surface area contributed by atoms with Crippen molar-refractivity contribution in [3.8, 4) is 11.5 Å². The van der Waals surface area contributed by atoms with Crippen molar-refractivity contribution in [2.75, 3.05) is 26.6 Å². The number of fused-ring (bicyclic) bond motifs is 1. The largest absolute Gasteiger partial charge is 0.493 e. The van der Waals surface area contributed by atoms with Gasteiger partial charge in [-0.2, -0.15) is 13.2 Å². The predicted octanol–water partition coefficient (Wildman–Crippen LogP) is 4.99. The zero-order valence-corrected chi connectivity index (χ0v) is 18.9. The maximum Gasteiger partial charge on any atom is 0.416 e. The molecule has 6 nitrogen and oxygen atoms in total. The highest BCUT2D eigenvalue weighted by Crippen LogP contribution is 2.54. The number of anilines is 1. The Bertz CT molecular complexity index is 1090. The van der Waals surface area contributed by atoms with Gasteiger partial charge in [0.2, 0.25) is 5.91 Å². The van der Waals surface area contributed by atoms with E-state index in [4.69, 9.17) is 14.2 Å². The van der Waals surface area contributed by atoms with Gasteiger partial charge in [0.25, 0.3) is 0 Å². The summed E-state index contributed by atoms with van der Waals surface area (Å²) in [5, 5.41) is 1.81. The van der Waals surface area contributed by atoms with Crippen molar-refractivity contribution >= 4 is 29.3 Å². The van der Waals surface area contributed by atoms with Gasteiger partial charge in [-0.25, -0.2) is 0 Å². The highest BCUT2D eigenvalue weighted by Gasteiger charge is 2.46. The molecule has 1 heterocycles. The van der Waals surface area contributed by atoms with Gasteiger partial charge in [-0.1, -0.05) is 18.2 Å². The number of ether oxygens (including phenoxy) is 3. The summed E-state index contributed by atoms with van der Waals surface area (Å²) in [6, 6.07) is 8.07. The molecule has 10 heteroatoms. The lowest BCUT2D eigenvalue weighted by atomic mass is 9.98. The van der Waals surface area contributed by atoms with Gasteiger partial charge in [-0.05, 0) is 29.8 Å². The quantitative estimate of drug-likeness (QED) is 0.463. The number of hydrogen-bond donors (Lipinski definition) is 1. The maximum atomic E-state index is 13.5. The molecular formula is C23H22F3NO5S.